The molecule has 1 spiro atoms. The lowest BCUT2D eigenvalue weighted by atomic mass is 9.65. The Morgan fingerprint density at radius 2 is 1.85 bits per heavy atom. The van der Waals surface area contributed by atoms with E-state index in [1.807, 2.05) is 12.1 Å². The molecule has 172 valence electrons. The lowest BCUT2D eigenvalue weighted by Gasteiger charge is -2.46. The van der Waals surface area contributed by atoms with E-state index in [0.29, 0.717) is 23.4 Å². The maximum Gasteiger partial charge on any atom is 0.303 e. The predicted octanol–water partition coefficient (Wildman–Crippen LogP) is 2.40. The molecule has 0 radical (unpaired) electrons. The number of carboxylic acid groups (broad SMARTS) is 1. The van der Waals surface area contributed by atoms with Crippen molar-refractivity contribution in [3.8, 4) is 5.69 Å². The molecule has 0 atom stereocenters. The highest BCUT2D eigenvalue weighted by molar-refractivity contribution is 5.83. The van der Waals surface area contributed by atoms with E-state index >= 15 is 0 Å². The molecular weight excluding hydrogens is 422 g/mol. The monoisotopic (exact) mass is 449 g/mol. The molecule has 1 aliphatic heterocycles. The Bertz CT molecular complexity index is 1220. The van der Waals surface area contributed by atoms with Gasteiger partial charge < -0.3 is 15.7 Å². The summed E-state index contributed by atoms with van der Waals surface area (Å²) in [6.07, 6.45) is 11.2. The molecule has 0 aromatic carbocycles. The van der Waals surface area contributed by atoms with Crippen LogP contribution in [0.25, 0.3) is 16.7 Å². The number of carboxylic acids is 1. The van der Waals surface area contributed by atoms with Crippen molar-refractivity contribution in [1.82, 2.24) is 24.5 Å². The molecule has 5 rings (SSSR count). The third-order valence-corrected chi connectivity index (χ3v) is 7.37. The summed E-state index contributed by atoms with van der Waals surface area (Å²) < 4.78 is 1.40. The van der Waals surface area contributed by atoms with Gasteiger partial charge in [-0.15, -0.1) is 0 Å². The lowest BCUT2D eigenvalue weighted by Crippen LogP contribution is -2.42. The third kappa shape index (κ3) is 4.12. The minimum atomic E-state index is -0.682. The Balaban J connectivity index is 1.27. The molecule has 1 aliphatic carbocycles. The number of aliphatic carboxylic acids is 1. The number of nitrogen functional groups attached to an aromatic ring is 1. The molecule has 3 aromatic rings. The van der Waals surface area contributed by atoms with E-state index in [0.717, 1.165) is 57.4 Å². The fourth-order valence-corrected chi connectivity index (χ4v) is 5.32. The van der Waals surface area contributed by atoms with Crippen molar-refractivity contribution >= 4 is 28.6 Å². The molecule has 3 aromatic heterocycles. The van der Waals surface area contributed by atoms with Crippen LogP contribution in [0.3, 0.4) is 0 Å². The number of aromatic nitrogens is 5. The Hall–Kier alpha value is -3.56. The van der Waals surface area contributed by atoms with Crippen molar-refractivity contribution in [2.75, 3.05) is 23.7 Å². The van der Waals surface area contributed by atoms with Crippen LogP contribution in [0.4, 0.5) is 11.6 Å². The zero-order chi connectivity index (χ0) is 23.0. The fourth-order valence-electron chi connectivity index (χ4n) is 5.32. The predicted molar refractivity (Wildman–Crippen MR) is 123 cm³/mol. The summed E-state index contributed by atoms with van der Waals surface area (Å²) in [5.74, 6) is 0.641. The number of nitrogens with zero attached hydrogens (tertiary/aromatic N) is 6. The Kier molecular flexibility index (Phi) is 5.43. The molecule has 1 saturated heterocycles. The Morgan fingerprint density at radius 1 is 1.09 bits per heavy atom. The molecule has 0 amide bonds. The van der Waals surface area contributed by atoms with Crippen LogP contribution in [0, 0.1) is 11.3 Å². The molecule has 10 heteroatoms. The van der Waals surface area contributed by atoms with Crippen molar-refractivity contribution in [2.45, 2.75) is 44.9 Å². The second kappa shape index (κ2) is 8.42. The van der Waals surface area contributed by atoms with Gasteiger partial charge in [0.25, 0.3) is 5.56 Å². The number of pyridine rings is 1. The molecule has 2 fully saturated rings. The van der Waals surface area contributed by atoms with Crippen molar-refractivity contribution in [1.29, 1.82) is 0 Å². The highest BCUT2D eigenvalue weighted by Gasteiger charge is 2.38. The number of nitrogens with two attached hydrogens (primary N) is 1. The van der Waals surface area contributed by atoms with Crippen LogP contribution in [0.2, 0.25) is 0 Å². The van der Waals surface area contributed by atoms with Crippen molar-refractivity contribution in [3.63, 3.8) is 0 Å². The van der Waals surface area contributed by atoms with Gasteiger partial charge in [-0.1, -0.05) is 0 Å². The van der Waals surface area contributed by atoms with Crippen molar-refractivity contribution in [3.05, 3.63) is 41.3 Å². The number of carbonyl (C=O) groups is 1. The highest BCUT2D eigenvalue weighted by Crippen LogP contribution is 2.47. The first-order valence-electron chi connectivity index (χ1n) is 11.4. The molecule has 1 saturated carbocycles. The Labute approximate surface area is 190 Å². The highest BCUT2D eigenvalue weighted by atomic mass is 16.4. The van der Waals surface area contributed by atoms with Gasteiger partial charge in [0.2, 0.25) is 0 Å². The van der Waals surface area contributed by atoms with Crippen LogP contribution >= 0.6 is 0 Å². The van der Waals surface area contributed by atoms with Crippen LogP contribution in [-0.2, 0) is 4.79 Å². The van der Waals surface area contributed by atoms with Gasteiger partial charge in [-0.05, 0) is 62.0 Å². The number of piperidine rings is 1. The van der Waals surface area contributed by atoms with Crippen LogP contribution in [0.5, 0.6) is 0 Å². The number of fused-ring (bicyclic) bond motifs is 1. The van der Waals surface area contributed by atoms with E-state index in [1.165, 1.54) is 17.2 Å². The maximum atomic E-state index is 12.9. The van der Waals surface area contributed by atoms with Gasteiger partial charge in [-0.2, -0.15) is 0 Å². The maximum absolute atomic E-state index is 12.9. The molecule has 0 unspecified atom stereocenters. The van der Waals surface area contributed by atoms with Crippen LogP contribution < -0.4 is 16.2 Å². The summed E-state index contributed by atoms with van der Waals surface area (Å²) in [7, 11) is 0. The molecule has 4 heterocycles. The molecule has 33 heavy (non-hydrogen) atoms. The summed E-state index contributed by atoms with van der Waals surface area (Å²) in [6.45, 7) is 1.86. The van der Waals surface area contributed by atoms with Gasteiger partial charge in [-0.3, -0.25) is 14.2 Å². The first-order chi connectivity index (χ1) is 15.9. The molecule has 2 aliphatic rings. The Morgan fingerprint density at radius 3 is 2.52 bits per heavy atom. The van der Waals surface area contributed by atoms with Gasteiger partial charge >= 0.3 is 5.97 Å². The van der Waals surface area contributed by atoms with Gasteiger partial charge in [0, 0.05) is 19.5 Å². The molecule has 0 bridgehead atoms. The number of anilines is 2. The van der Waals surface area contributed by atoms with E-state index in [4.69, 9.17) is 10.8 Å². The van der Waals surface area contributed by atoms with E-state index in [2.05, 4.69) is 24.8 Å². The van der Waals surface area contributed by atoms with E-state index in [1.54, 1.807) is 6.20 Å². The summed E-state index contributed by atoms with van der Waals surface area (Å²) >= 11 is 0. The second-order valence-corrected chi connectivity index (χ2v) is 9.28. The average Bonchev–Trinajstić information content (AvgIpc) is 2.82. The fraction of sp³-hybridized carbons (Fsp3) is 0.478. The van der Waals surface area contributed by atoms with Gasteiger partial charge in [0.15, 0.2) is 5.65 Å². The third-order valence-electron chi connectivity index (χ3n) is 7.37. The minimum absolute atomic E-state index is 0.107. The van der Waals surface area contributed by atoms with E-state index in [-0.39, 0.29) is 22.4 Å². The van der Waals surface area contributed by atoms with Crippen molar-refractivity contribution in [2.24, 2.45) is 11.3 Å². The number of hydrogen-bond acceptors (Lipinski definition) is 8. The molecule has 3 N–H and O–H groups in total. The SMILES string of the molecule is Nc1ncnc2ncn(-c3ccc(N4CCC5(CCC(CC(=O)O)CC5)CC4)nc3)c(=O)c12. The van der Waals surface area contributed by atoms with E-state index < -0.39 is 5.97 Å². The molecule has 10 nitrogen and oxygen atoms in total. The zero-order valence-corrected chi connectivity index (χ0v) is 18.4. The summed E-state index contributed by atoms with van der Waals surface area (Å²) in [6, 6.07) is 3.79. The van der Waals surface area contributed by atoms with Gasteiger partial charge in [0.1, 0.15) is 29.7 Å². The van der Waals surface area contributed by atoms with Crippen LogP contribution in [-0.4, -0.2) is 48.7 Å². The number of rotatable bonds is 4. The molecular formula is C23H27N7O3. The van der Waals surface area contributed by atoms with Crippen LogP contribution in [0.15, 0.2) is 35.8 Å². The first-order valence-corrected chi connectivity index (χ1v) is 11.4. The smallest absolute Gasteiger partial charge is 0.303 e. The van der Waals surface area contributed by atoms with Crippen molar-refractivity contribution < 1.29 is 9.90 Å². The quantitative estimate of drug-likeness (QED) is 0.614. The largest absolute Gasteiger partial charge is 0.481 e. The van der Waals surface area contributed by atoms with Gasteiger partial charge in [0.05, 0.1) is 11.9 Å². The number of hydrogen-bond donors (Lipinski definition) is 2. The summed E-state index contributed by atoms with van der Waals surface area (Å²) in [4.78, 5) is 42.9. The zero-order valence-electron chi connectivity index (χ0n) is 18.4. The standard InChI is InChI=1S/C23H27N7O3/c24-20-19-21(27-13-26-20)28-14-30(22(19)33)16-1-2-17(25-12-16)29-9-7-23(8-10-29)5-3-15(4-6-23)11-18(31)32/h1-2,12-15H,3-11H2,(H,31,32)(H2,24,26,27). The van der Waals surface area contributed by atoms with E-state index in [9.17, 15) is 9.59 Å². The van der Waals surface area contributed by atoms with Crippen LogP contribution in [0.1, 0.15) is 44.9 Å². The second-order valence-electron chi connectivity index (χ2n) is 9.28. The summed E-state index contributed by atoms with van der Waals surface area (Å²) in [5.41, 5.74) is 6.75. The normalized spacial score (nSPS) is 18.6. The van der Waals surface area contributed by atoms with Gasteiger partial charge in [-0.25, -0.2) is 19.9 Å². The first kappa shape index (κ1) is 21.3. The summed E-state index contributed by atoms with van der Waals surface area (Å²) in [5, 5.41) is 9.25. The topological polar surface area (TPSA) is 140 Å². The average molecular weight is 450 g/mol. The lowest BCUT2D eigenvalue weighted by molar-refractivity contribution is -0.138. The minimum Gasteiger partial charge on any atom is -0.481 e.